The molecule has 0 aromatic heterocycles. The van der Waals surface area contributed by atoms with Crippen molar-refractivity contribution in [2.24, 2.45) is 17.8 Å². The Kier molecular flexibility index (Phi) is 3.03. The summed E-state index contributed by atoms with van der Waals surface area (Å²) >= 11 is 0. The molecule has 0 N–H and O–H groups in total. The van der Waals surface area contributed by atoms with Crippen LogP contribution in [-0.4, -0.2) is 12.7 Å². The zero-order valence-corrected chi connectivity index (χ0v) is 7.21. The molecule has 0 bridgehead atoms. The Hall–Kier alpha value is -2.08. The molecule has 5 nitrogen and oxygen atoms in total. The first kappa shape index (κ1) is 10.0. The lowest BCUT2D eigenvalue weighted by atomic mass is 9.79. The van der Waals surface area contributed by atoms with Gasteiger partial charge in [-0.05, 0) is 0 Å². The summed E-state index contributed by atoms with van der Waals surface area (Å²) in [5.41, 5.74) is 0. The van der Waals surface area contributed by atoms with Gasteiger partial charge in [-0.2, -0.15) is 21.0 Å². The second kappa shape index (κ2) is 4.24. The minimum atomic E-state index is -0.894. The predicted molar refractivity (Wildman–Crippen MR) is 42.7 cm³/mol. The van der Waals surface area contributed by atoms with Gasteiger partial charge < -0.3 is 4.74 Å². The molecule has 0 saturated carbocycles. The highest BCUT2D eigenvalue weighted by Crippen LogP contribution is 2.30. The van der Waals surface area contributed by atoms with Gasteiger partial charge in [-0.15, -0.1) is 0 Å². The van der Waals surface area contributed by atoms with E-state index in [1.165, 1.54) is 0 Å². The Balaban J connectivity index is 2.95. The van der Waals surface area contributed by atoms with Crippen molar-refractivity contribution in [3.8, 4) is 24.3 Å². The van der Waals surface area contributed by atoms with Crippen molar-refractivity contribution in [2.75, 3.05) is 6.61 Å². The average molecular weight is 186 g/mol. The van der Waals surface area contributed by atoms with Gasteiger partial charge in [-0.3, -0.25) is 0 Å². The molecule has 0 aromatic carbocycles. The van der Waals surface area contributed by atoms with Gasteiger partial charge in [0.1, 0.15) is 5.92 Å². The van der Waals surface area contributed by atoms with Gasteiger partial charge in [-0.25, -0.2) is 0 Å². The summed E-state index contributed by atoms with van der Waals surface area (Å²) < 4.78 is 5.01. The van der Waals surface area contributed by atoms with Gasteiger partial charge in [0.2, 0.25) is 0 Å². The third-order valence-corrected chi connectivity index (χ3v) is 2.19. The van der Waals surface area contributed by atoms with Crippen molar-refractivity contribution < 1.29 is 4.74 Å². The van der Waals surface area contributed by atoms with Gasteiger partial charge in [0, 0.05) is 0 Å². The fraction of sp³-hybridized carbons (Fsp3) is 0.556. The first-order chi connectivity index (χ1) is 6.78. The molecule has 4 atom stereocenters. The van der Waals surface area contributed by atoms with E-state index in [2.05, 4.69) is 0 Å². The number of hydrogen-bond acceptors (Lipinski definition) is 5. The molecule has 0 aromatic rings. The monoisotopic (exact) mass is 186 g/mol. The number of ether oxygens (including phenoxy) is 1. The summed E-state index contributed by atoms with van der Waals surface area (Å²) in [6, 6.07) is 7.46. The van der Waals surface area contributed by atoms with Crippen LogP contribution in [0.5, 0.6) is 0 Å². The van der Waals surface area contributed by atoms with Gasteiger partial charge in [0.25, 0.3) is 0 Å². The molecule has 5 heteroatoms. The van der Waals surface area contributed by atoms with Crippen molar-refractivity contribution in [2.45, 2.75) is 6.10 Å². The largest absolute Gasteiger partial charge is 0.360 e. The molecule has 1 saturated heterocycles. The summed E-state index contributed by atoms with van der Waals surface area (Å²) in [7, 11) is 0. The van der Waals surface area contributed by atoms with E-state index in [0.717, 1.165) is 0 Å². The normalized spacial score (nSPS) is 35.7. The lowest BCUT2D eigenvalue weighted by Gasteiger charge is -2.29. The van der Waals surface area contributed by atoms with Crippen molar-refractivity contribution in [1.29, 1.82) is 21.0 Å². The van der Waals surface area contributed by atoms with Crippen LogP contribution in [0.1, 0.15) is 0 Å². The highest BCUT2D eigenvalue weighted by molar-refractivity contribution is 5.14. The number of nitrogens with zero attached hydrogens (tertiary/aromatic N) is 4. The summed E-state index contributed by atoms with van der Waals surface area (Å²) in [6.45, 7) is 0.0468. The van der Waals surface area contributed by atoms with Crippen LogP contribution in [-0.2, 0) is 4.74 Å². The summed E-state index contributed by atoms with van der Waals surface area (Å²) in [5.74, 6) is -2.18. The second-order valence-corrected chi connectivity index (χ2v) is 2.93. The quantitative estimate of drug-likeness (QED) is 0.542. The van der Waals surface area contributed by atoms with E-state index in [1.807, 2.05) is 24.3 Å². The molecule has 1 aliphatic heterocycles. The lowest BCUT2D eigenvalue weighted by Crippen LogP contribution is -2.39. The standard InChI is InChI=1S/C9H6N4O/c10-1-6-5-14-9(4-13)8(3-12)7(6)2-11/h6-9H,5H2. The molecule has 1 rings (SSSR count). The molecule has 0 radical (unpaired) electrons. The molecular formula is C9H6N4O. The summed E-state index contributed by atoms with van der Waals surface area (Å²) in [6.07, 6.45) is -0.894. The maximum absolute atomic E-state index is 8.79. The molecule has 1 fully saturated rings. The van der Waals surface area contributed by atoms with Crippen LogP contribution in [0.25, 0.3) is 0 Å². The van der Waals surface area contributed by atoms with E-state index in [0.29, 0.717) is 0 Å². The second-order valence-electron chi connectivity index (χ2n) is 2.93. The molecule has 0 spiro atoms. The van der Waals surface area contributed by atoms with Gasteiger partial charge in [0.15, 0.2) is 6.10 Å². The number of nitriles is 4. The first-order valence-corrected chi connectivity index (χ1v) is 3.98. The zero-order valence-electron chi connectivity index (χ0n) is 7.21. The number of rotatable bonds is 0. The van der Waals surface area contributed by atoms with Crippen molar-refractivity contribution in [3.05, 3.63) is 0 Å². The van der Waals surface area contributed by atoms with E-state index >= 15 is 0 Å². The van der Waals surface area contributed by atoms with E-state index < -0.39 is 23.9 Å². The fourth-order valence-corrected chi connectivity index (χ4v) is 1.41. The Morgan fingerprint density at radius 3 is 1.93 bits per heavy atom. The Morgan fingerprint density at radius 2 is 1.50 bits per heavy atom. The molecule has 1 aliphatic rings. The molecule has 1 heterocycles. The van der Waals surface area contributed by atoms with Crippen LogP contribution in [0.4, 0.5) is 0 Å². The van der Waals surface area contributed by atoms with Crippen LogP contribution in [0, 0.1) is 63.1 Å². The van der Waals surface area contributed by atoms with Gasteiger partial charge in [-0.1, -0.05) is 0 Å². The van der Waals surface area contributed by atoms with Crippen LogP contribution in [0.15, 0.2) is 0 Å². The zero-order chi connectivity index (χ0) is 10.6. The molecule has 0 amide bonds. The Labute approximate surface area is 81.3 Å². The minimum Gasteiger partial charge on any atom is -0.360 e. The SMILES string of the molecule is N#CC1COC(C#N)C(C#N)C1C#N. The lowest BCUT2D eigenvalue weighted by molar-refractivity contribution is -0.0137. The van der Waals surface area contributed by atoms with E-state index in [9.17, 15) is 0 Å². The van der Waals surface area contributed by atoms with Crippen molar-refractivity contribution >= 4 is 0 Å². The molecule has 68 valence electrons. The Bertz CT molecular complexity index is 340. The van der Waals surface area contributed by atoms with Crippen molar-refractivity contribution in [1.82, 2.24) is 0 Å². The topological polar surface area (TPSA) is 104 Å². The van der Waals surface area contributed by atoms with E-state index in [1.54, 1.807) is 0 Å². The fourth-order valence-electron chi connectivity index (χ4n) is 1.41. The van der Waals surface area contributed by atoms with Crippen LogP contribution < -0.4 is 0 Å². The molecular weight excluding hydrogens is 180 g/mol. The van der Waals surface area contributed by atoms with E-state index in [-0.39, 0.29) is 6.61 Å². The van der Waals surface area contributed by atoms with Gasteiger partial charge in [0.05, 0.1) is 42.7 Å². The van der Waals surface area contributed by atoms with Gasteiger partial charge >= 0.3 is 0 Å². The smallest absolute Gasteiger partial charge is 0.161 e. The molecule has 0 aliphatic carbocycles. The minimum absolute atomic E-state index is 0.0468. The highest BCUT2D eigenvalue weighted by atomic mass is 16.5. The van der Waals surface area contributed by atoms with Crippen LogP contribution in [0.3, 0.4) is 0 Å². The third kappa shape index (κ3) is 1.50. The summed E-state index contributed by atoms with van der Waals surface area (Å²) in [4.78, 5) is 0. The van der Waals surface area contributed by atoms with Crippen LogP contribution in [0.2, 0.25) is 0 Å². The molecule has 14 heavy (non-hydrogen) atoms. The van der Waals surface area contributed by atoms with Crippen molar-refractivity contribution in [3.63, 3.8) is 0 Å². The van der Waals surface area contributed by atoms with Crippen LogP contribution >= 0.6 is 0 Å². The van der Waals surface area contributed by atoms with E-state index in [4.69, 9.17) is 25.8 Å². The maximum atomic E-state index is 8.79. The molecule has 4 unspecified atom stereocenters. The first-order valence-electron chi connectivity index (χ1n) is 3.98. The highest BCUT2D eigenvalue weighted by Gasteiger charge is 2.41. The maximum Gasteiger partial charge on any atom is 0.161 e. The average Bonchev–Trinajstić information content (AvgIpc) is 2.26. The predicted octanol–water partition coefficient (Wildman–Crippen LogP) is 0.328. The number of hydrogen-bond donors (Lipinski definition) is 0. The third-order valence-electron chi connectivity index (χ3n) is 2.19. The summed E-state index contributed by atoms with van der Waals surface area (Å²) in [5, 5.41) is 34.9. The Morgan fingerprint density at radius 1 is 0.857 bits per heavy atom.